The molecule has 0 N–H and O–H groups in total. The van der Waals surface area contributed by atoms with Crippen molar-refractivity contribution in [2.45, 2.75) is 33.0 Å². The highest BCUT2D eigenvalue weighted by molar-refractivity contribution is 4.75. The molecule has 3 nitrogen and oxygen atoms in total. The van der Waals surface area contributed by atoms with Crippen LogP contribution in [0.5, 0.6) is 0 Å². The summed E-state index contributed by atoms with van der Waals surface area (Å²) in [6, 6.07) is 1.93. The van der Waals surface area contributed by atoms with E-state index in [0.717, 1.165) is 12.8 Å². The van der Waals surface area contributed by atoms with Gasteiger partial charge in [0.2, 0.25) is 6.29 Å². The zero-order chi connectivity index (χ0) is 8.53. The maximum atomic E-state index is 8.48. The summed E-state index contributed by atoms with van der Waals surface area (Å²) in [5.74, 6) is 0. The van der Waals surface area contributed by atoms with Crippen LogP contribution in [0, 0.1) is 11.3 Å². The Morgan fingerprint density at radius 3 is 1.91 bits per heavy atom. The summed E-state index contributed by atoms with van der Waals surface area (Å²) < 4.78 is 10.1. The van der Waals surface area contributed by atoms with Crippen LogP contribution in [-0.4, -0.2) is 19.5 Å². The second kappa shape index (κ2) is 7.52. The molecule has 0 fully saturated rings. The Balaban J connectivity index is 3.35. The summed E-state index contributed by atoms with van der Waals surface area (Å²) in [6.45, 7) is 5.16. The van der Waals surface area contributed by atoms with Crippen LogP contribution in [0.3, 0.4) is 0 Å². The van der Waals surface area contributed by atoms with Crippen molar-refractivity contribution in [3.05, 3.63) is 0 Å². The lowest BCUT2D eigenvalue weighted by molar-refractivity contribution is -0.106. The third-order valence-corrected chi connectivity index (χ3v) is 1.05. The van der Waals surface area contributed by atoms with Gasteiger partial charge in [0.15, 0.2) is 0 Å². The van der Waals surface area contributed by atoms with Gasteiger partial charge in [-0.1, -0.05) is 13.8 Å². The number of hydrogen-bond donors (Lipinski definition) is 0. The van der Waals surface area contributed by atoms with Gasteiger partial charge in [-0.05, 0) is 12.8 Å². The minimum atomic E-state index is -0.671. The molecular weight excluding hydrogens is 142 g/mol. The van der Waals surface area contributed by atoms with E-state index in [9.17, 15) is 0 Å². The van der Waals surface area contributed by atoms with E-state index in [1.807, 2.05) is 19.9 Å². The molecule has 0 aromatic heterocycles. The van der Waals surface area contributed by atoms with E-state index in [-0.39, 0.29) is 0 Å². The fourth-order valence-corrected chi connectivity index (χ4v) is 0.572. The Labute approximate surface area is 67.9 Å². The third kappa shape index (κ3) is 5.84. The van der Waals surface area contributed by atoms with Crippen LogP contribution in [0.1, 0.15) is 26.7 Å². The fourth-order valence-electron chi connectivity index (χ4n) is 0.572. The van der Waals surface area contributed by atoms with E-state index >= 15 is 0 Å². The third-order valence-electron chi connectivity index (χ3n) is 1.05. The van der Waals surface area contributed by atoms with Crippen LogP contribution in [0.15, 0.2) is 0 Å². The van der Waals surface area contributed by atoms with E-state index in [2.05, 4.69) is 0 Å². The Kier molecular flexibility index (Phi) is 7.11. The molecule has 0 bridgehead atoms. The van der Waals surface area contributed by atoms with Crippen molar-refractivity contribution in [2.75, 3.05) is 13.2 Å². The molecule has 0 radical (unpaired) electrons. The zero-order valence-corrected chi connectivity index (χ0v) is 7.17. The molecule has 0 rings (SSSR count). The molecule has 0 spiro atoms. The lowest BCUT2D eigenvalue weighted by Gasteiger charge is -2.09. The van der Waals surface area contributed by atoms with Crippen molar-refractivity contribution in [1.29, 1.82) is 5.26 Å². The molecule has 64 valence electrons. The number of ether oxygens (including phenoxy) is 2. The average molecular weight is 157 g/mol. The smallest absolute Gasteiger partial charge is 0.248 e. The van der Waals surface area contributed by atoms with Gasteiger partial charge in [0.05, 0.1) is 13.2 Å². The number of hydrogen-bond acceptors (Lipinski definition) is 3. The van der Waals surface area contributed by atoms with E-state index in [4.69, 9.17) is 14.7 Å². The zero-order valence-electron chi connectivity index (χ0n) is 7.17. The molecule has 0 aliphatic heterocycles. The maximum Gasteiger partial charge on any atom is 0.248 e. The van der Waals surface area contributed by atoms with E-state index in [1.54, 1.807) is 0 Å². The molecule has 0 heterocycles. The van der Waals surface area contributed by atoms with Crippen LogP contribution in [0.2, 0.25) is 0 Å². The van der Waals surface area contributed by atoms with Crippen molar-refractivity contribution in [2.24, 2.45) is 0 Å². The Morgan fingerprint density at radius 2 is 1.64 bits per heavy atom. The molecule has 0 aromatic rings. The Hall–Kier alpha value is -0.590. The van der Waals surface area contributed by atoms with Crippen LogP contribution < -0.4 is 0 Å². The normalized spacial score (nSPS) is 10.0. The molecule has 0 saturated heterocycles. The van der Waals surface area contributed by atoms with Crippen molar-refractivity contribution < 1.29 is 9.47 Å². The van der Waals surface area contributed by atoms with Crippen molar-refractivity contribution in [3.63, 3.8) is 0 Å². The highest BCUT2D eigenvalue weighted by atomic mass is 16.7. The number of nitriles is 1. The predicted molar refractivity (Wildman–Crippen MR) is 41.9 cm³/mol. The highest BCUT2D eigenvalue weighted by Crippen LogP contribution is 1.95. The fraction of sp³-hybridized carbons (Fsp3) is 0.875. The van der Waals surface area contributed by atoms with E-state index < -0.39 is 6.29 Å². The molecular formula is C8H15NO2. The summed E-state index contributed by atoms with van der Waals surface area (Å²) in [6.07, 6.45) is 1.15. The van der Waals surface area contributed by atoms with Gasteiger partial charge in [-0.3, -0.25) is 0 Å². The van der Waals surface area contributed by atoms with E-state index in [0.29, 0.717) is 13.2 Å². The summed E-state index contributed by atoms with van der Waals surface area (Å²) in [5, 5.41) is 8.48. The minimum absolute atomic E-state index is 0.585. The van der Waals surface area contributed by atoms with Crippen LogP contribution in [0.25, 0.3) is 0 Å². The van der Waals surface area contributed by atoms with Gasteiger partial charge in [-0.2, -0.15) is 5.26 Å². The Morgan fingerprint density at radius 1 is 1.18 bits per heavy atom. The lowest BCUT2D eigenvalue weighted by Crippen LogP contribution is -2.15. The van der Waals surface area contributed by atoms with Crippen LogP contribution in [-0.2, 0) is 9.47 Å². The number of nitrogens with zero attached hydrogens (tertiary/aromatic N) is 1. The second-order valence-electron chi connectivity index (χ2n) is 2.20. The molecule has 3 heteroatoms. The SMILES string of the molecule is CCCOC(C#N)OCCC. The summed E-state index contributed by atoms with van der Waals surface area (Å²) in [7, 11) is 0. The monoisotopic (exact) mass is 157 g/mol. The van der Waals surface area contributed by atoms with Gasteiger partial charge in [-0.25, -0.2) is 0 Å². The first-order valence-electron chi connectivity index (χ1n) is 3.98. The van der Waals surface area contributed by atoms with Gasteiger partial charge in [0.1, 0.15) is 6.07 Å². The highest BCUT2D eigenvalue weighted by Gasteiger charge is 2.04. The van der Waals surface area contributed by atoms with E-state index in [1.165, 1.54) is 0 Å². The van der Waals surface area contributed by atoms with Gasteiger partial charge in [0, 0.05) is 0 Å². The first kappa shape index (κ1) is 10.4. The quantitative estimate of drug-likeness (QED) is 0.551. The van der Waals surface area contributed by atoms with Crippen molar-refractivity contribution in [1.82, 2.24) is 0 Å². The molecule has 0 unspecified atom stereocenters. The molecule has 0 saturated carbocycles. The molecule has 0 atom stereocenters. The molecule has 0 aliphatic rings. The summed E-state index contributed by atoms with van der Waals surface area (Å²) in [4.78, 5) is 0. The molecule has 11 heavy (non-hydrogen) atoms. The largest absolute Gasteiger partial charge is 0.341 e. The average Bonchev–Trinajstić information content (AvgIpc) is 2.05. The van der Waals surface area contributed by atoms with Gasteiger partial charge >= 0.3 is 0 Å². The van der Waals surface area contributed by atoms with Crippen LogP contribution >= 0.6 is 0 Å². The second-order valence-corrected chi connectivity index (χ2v) is 2.20. The van der Waals surface area contributed by atoms with Gasteiger partial charge in [0.25, 0.3) is 0 Å². The maximum absolute atomic E-state index is 8.48. The molecule has 0 amide bonds. The van der Waals surface area contributed by atoms with Crippen molar-refractivity contribution in [3.8, 4) is 6.07 Å². The minimum Gasteiger partial charge on any atom is -0.341 e. The first-order valence-corrected chi connectivity index (χ1v) is 3.98. The summed E-state index contributed by atoms with van der Waals surface area (Å²) >= 11 is 0. The van der Waals surface area contributed by atoms with Gasteiger partial charge < -0.3 is 9.47 Å². The first-order chi connectivity index (χ1) is 5.35. The predicted octanol–water partition coefficient (Wildman–Crippen LogP) is 1.69. The standard InChI is InChI=1S/C8H15NO2/c1-3-5-10-8(7-9)11-6-4-2/h8H,3-6H2,1-2H3. The van der Waals surface area contributed by atoms with Crippen LogP contribution in [0.4, 0.5) is 0 Å². The Bertz CT molecular complexity index is 112. The van der Waals surface area contributed by atoms with Crippen molar-refractivity contribution >= 4 is 0 Å². The molecule has 0 aromatic carbocycles. The topological polar surface area (TPSA) is 42.2 Å². The number of rotatable bonds is 6. The molecule has 0 aliphatic carbocycles. The summed E-state index contributed by atoms with van der Waals surface area (Å²) in [5.41, 5.74) is 0. The van der Waals surface area contributed by atoms with Gasteiger partial charge in [-0.15, -0.1) is 0 Å². The lowest BCUT2D eigenvalue weighted by atomic mass is 10.5.